The van der Waals surface area contributed by atoms with Crippen molar-refractivity contribution in [3.8, 4) is 0 Å². The van der Waals surface area contributed by atoms with Gasteiger partial charge in [0, 0.05) is 25.0 Å². The van der Waals surface area contributed by atoms with Crippen LogP contribution in [0, 0.1) is 18.8 Å². The van der Waals surface area contributed by atoms with Crippen molar-refractivity contribution in [3.05, 3.63) is 81.8 Å². The van der Waals surface area contributed by atoms with Gasteiger partial charge in [0.25, 0.3) is 5.91 Å². The molecule has 1 aliphatic carbocycles. The van der Waals surface area contributed by atoms with Gasteiger partial charge in [0.1, 0.15) is 12.6 Å². The Balaban J connectivity index is 1.37. The third-order valence-corrected chi connectivity index (χ3v) is 12.6. The number of carbonyl (C=O) groups is 4. The molecular formula is C39H51N7O8S2. The van der Waals surface area contributed by atoms with Gasteiger partial charge in [-0.2, -0.15) is 4.31 Å². The number of benzene rings is 2. The van der Waals surface area contributed by atoms with Crippen LogP contribution in [0.3, 0.4) is 0 Å². The van der Waals surface area contributed by atoms with E-state index in [0.29, 0.717) is 11.3 Å². The van der Waals surface area contributed by atoms with Crippen LogP contribution in [0.15, 0.2) is 70.0 Å². The number of imide groups is 1. The predicted octanol–water partition coefficient (Wildman–Crippen LogP) is 3.44. The number of thiazole rings is 1. The van der Waals surface area contributed by atoms with Gasteiger partial charge in [-0.3, -0.25) is 14.5 Å². The summed E-state index contributed by atoms with van der Waals surface area (Å²) in [6.07, 6.45) is 3.76. The zero-order valence-corrected chi connectivity index (χ0v) is 33.6. The highest BCUT2D eigenvalue weighted by Crippen LogP contribution is 2.29. The third-order valence-electron chi connectivity index (χ3n) is 9.95. The second-order valence-electron chi connectivity index (χ2n) is 14.6. The molecule has 56 heavy (non-hydrogen) atoms. The van der Waals surface area contributed by atoms with Gasteiger partial charge in [-0.15, -0.1) is 11.3 Å². The molecule has 1 saturated carbocycles. The van der Waals surface area contributed by atoms with E-state index in [-0.39, 0.29) is 56.4 Å². The minimum atomic E-state index is -4.15. The molecular weight excluding hydrogens is 759 g/mol. The molecule has 1 saturated heterocycles. The van der Waals surface area contributed by atoms with Crippen molar-refractivity contribution < 1.29 is 37.5 Å². The molecule has 1 aromatic heterocycles. The van der Waals surface area contributed by atoms with Gasteiger partial charge in [-0.05, 0) is 61.3 Å². The van der Waals surface area contributed by atoms with Crippen LogP contribution in [-0.4, -0.2) is 107 Å². The average Bonchev–Trinajstić information content (AvgIpc) is 3.90. The first-order valence-corrected chi connectivity index (χ1v) is 21.2. The van der Waals surface area contributed by atoms with E-state index >= 15 is 0 Å². The summed E-state index contributed by atoms with van der Waals surface area (Å²) in [5, 5.41) is 21.1. The molecule has 5 rings (SSSR count). The summed E-state index contributed by atoms with van der Waals surface area (Å²) in [4.78, 5) is 64.0. The standard InChI is InChI=1S/C39H51N7O8S2/c1-26(2)37(46-24-35(48)45(39(46)51)22-31-25-55-27(3)42-31)38(50)43-33(19-28-9-5-4-6-10-28)34(47)23-44(21-30-11-7-8-12-30)56(52,53)32-15-13-29(14-16-32)20-41-54-36(49)17-18-40/h4-6,9-10,13-16,20,25-26,30,33-34,37,47H,7-8,11-12,17-19,21-24,40H2,1-3H3,(H,43,50)/b41-20+/t33-,34+,37-/m0/s1. The first-order chi connectivity index (χ1) is 26.8. The molecule has 4 N–H and O–H groups in total. The number of carbonyl (C=O) groups excluding carboxylic acids is 4. The maximum Gasteiger partial charge on any atom is 0.336 e. The summed E-state index contributed by atoms with van der Waals surface area (Å²) in [5.41, 5.74) is 7.23. The van der Waals surface area contributed by atoms with Gasteiger partial charge >= 0.3 is 12.0 Å². The highest BCUT2D eigenvalue weighted by Gasteiger charge is 2.44. The van der Waals surface area contributed by atoms with E-state index < -0.39 is 57.9 Å². The van der Waals surface area contributed by atoms with Crippen LogP contribution in [0.25, 0.3) is 0 Å². The fourth-order valence-corrected chi connectivity index (χ4v) is 9.21. The number of nitrogens with one attached hydrogen (secondary N) is 1. The Hall–Kier alpha value is -4.55. The van der Waals surface area contributed by atoms with Crippen molar-refractivity contribution in [2.75, 3.05) is 26.2 Å². The second kappa shape index (κ2) is 19.5. The van der Waals surface area contributed by atoms with Crippen LogP contribution >= 0.6 is 11.3 Å². The molecule has 3 atom stereocenters. The lowest BCUT2D eigenvalue weighted by Gasteiger charge is -2.34. The number of nitrogens with zero attached hydrogens (tertiary/aromatic N) is 5. The zero-order chi connectivity index (χ0) is 40.4. The van der Waals surface area contributed by atoms with Gasteiger partial charge in [-0.1, -0.05) is 74.3 Å². The summed E-state index contributed by atoms with van der Waals surface area (Å²) < 4.78 is 29.8. The highest BCUT2D eigenvalue weighted by molar-refractivity contribution is 7.89. The molecule has 2 heterocycles. The summed E-state index contributed by atoms with van der Waals surface area (Å²) in [6, 6.07) is 12.5. The number of sulfonamides is 1. The second-order valence-corrected chi connectivity index (χ2v) is 17.6. The Labute approximate surface area is 331 Å². The van der Waals surface area contributed by atoms with E-state index in [1.54, 1.807) is 19.2 Å². The average molecular weight is 810 g/mol. The molecule has 0 radical (unpaired) electrons. The van der Waals surface area contributed by atoms with Crippen LogP contribution in [0.2, 0.25) is 0 Å². The SMILES string of the molecule is Cc1nc(CN2C(=O)CN([C@H](C(=O)N[C@@H](Cc3ccccc3)[C@H](O)CN(CC3CCCC3)S(=O)(=O)c3ccc(/C=N/OC(=O)CCN)cc3)C(C)C)C2=O)cs1. The molecule has 4 amide bonds. The number of nitrogens with two attached hydrogens (primary N) is 1. The lowest BCUT2D eigenvalue weighted by molar-refractivity contribution is -0.143. The molecule has 0 spiro atoms. The van der Waals surface area contributed by atoms with E-state index in [2.05, 4.69) is 15.5 Å². The van der Waals surface area contributed by atoms with Crippen molar-refractivity contribution in [2.24, 2.45) is 22.7 Å². The van der Waals surface area contributed by atoms with Crippen molar-refractivity contribution in [2.45, 2.75) is 88.9 Å². The number of oxime groups is 1. The number of hydrogen-bond acceptors (Lipinski definition) is 12. The van der Waals surface area contributed by atoms with Crippen molar-refractivity contribution in [1.29, 1.82) is 0 Å². The van der Waals surface area contributed by atoms with Crippen LogP contribution in [-0.2, 0) is 42.2 Å². The van der Waals surface area contributed by atoms with Gasteiger partial charge in [0.2, 0.25) is 15.9 Å². The summed E-state index contributed by atoms with van der Waals surface area (Å²) >= 11 is 1.41. The van der Waals surface area contributed by atoms with Crippen LogP contribution < -0.4 is 11.1 Å². The molecule has 15 nitrogen and oxygen atoms in total. The number of aryl methyl sites for hydroxylation is 1. The fraction of sp³-hybridized carbons (Fsp3) is 0.487. The maximum absolute atomic E-state index is 14.3. The smallest absolute Gasteiger partial charge is 0.336 e. The molecule has 3 aromatic rings. The van der Waals surface area contributed by atoms with Gasteiger partial charge in [0.15, 0.2) is 0 Å². The van der Waals surface area contributed by atoms with E-state index in [0.717, 1.165) is 41.2 Å². The van der Waals surface area contributed by atoms with Crippen LogP contribution in [0.5, 0.6) is 0 Å². The van der Waals surface area contributed by atoms with Crippen LogP contribution in [0.4, 0.5) is 4.79 Å². The summed E-state index contributed by atoms with van der Waals surface area (Å²) in [7, 11) is -4.15. The number of aliphatic hydroxyl groups excluding tert-OH is 1. The fourth-order valence-electron chi connectivity index (χ4n) is 7.07. The van der Waals surface area contributed by atoms with E-state index in [9.17, 15) is 32.7 Å². The van der Waals surface area contributed by atoms with Crippen LogP contribution in [0.1, 0.15) is 67.8 Å². The van der Waals surface area contributed by atoms with E-state index in [4.69, 9.17) is 10.6 Å². The Bertz CT molecular complexity index is 1950. The third kappa shape index (κ3) is 11.1. The zero-order valence-electron chi connectivity index (χ0n) is 32.0. The number of amides is 4. The molecule has 0 unspecified atom stereocenters. The molecule has 0 bridgehead atoms. The Morgan fingerprint density at radius 3 is 2.45 bits per heavy atom. The molecule has 17 heteroatoms. The topological polar surface area (TPSA) is 205 Å². The minimum absolute atomic E-state index is 0.00179. The molecule has 2 aliphatic rings. The van der Waals surface area contributed by atoms with Gasteiger partial charge < -0.3 is 25.9 Å². The normalized spacial score (nSPS) is 17.0. The molecule has 2 aromatic carbocycles. The lowest BCUT2D eigenvalue weighted by atomic mass is 9.97. The quantitative estimate of drug-likeness (QED) is 0.0697. The minimum Gasteiger partial charge on any atom is -0.390 e. The van der Waals surface area contributed by atoms with Crippen molar-refractivity contribution in [3.63, 3.8) is 0 Å². The number of urea groups is 1. The van der Waals surface area contributed by atoms with Gasteiger partial charge in [0.05, 0.1) is 46.9 Å². The van der Waals surface area contributed by atoms with E-state index in [1.165, 1.54) is 51.0 Å². The molecule has 1 aliphatic heterocycles. The van der Waals surface area contributed by atoms with Crippen molar-refractivity contribution >= 4 is 51.4 Å². The first kappa shape index (κ1) is 42.6. The number of aliphatic hydroxyl groups is 1. The highest BCUT2D eigenvalue weighted by atomic mass is 32.2. The number of rotatable bonds is 19. The summed E-state index contributed by atoms with van der Waals surface area (Å²) in [5.74, 6) is -1.92. The monoisotopic (exact) mass is 809 g/mol. The largest absolute Gasteiger partial charge is 0.390 e. The van der Waals surface area contributed by atoms with E-state index in [1.807, 2.05) is 37.3 Å². The summed E-state index contributed by atoms with van der Waals surface area (Å²) in [6.45, 7) is 5.08. The predicted molar refractivity (Wildman–Crippen MR) is 211 cm³/mol. The Kier molecular flexibility index (Phi) is 14.9. The first-order valence-electron chi connectivity index (χ1n) is 18.8. The van der Waals surface area contributed by atoms with Crippen molar-refractivity contribution in [1.82, 2.24) is 24.4 Å². The van der Waals surface area contributed by atoms with Gasteiger partial charge in [-0.25, -0.2) is 23.0 Å². The lowest BCUT2D eigenvalue weighted by Crippen LogP contribution is -2.57. The molecule has 302 valence electrons. The molecule has 2 fully saturated rings. The number of hydrogen-bond donors (Lipinski definition) is 3. The Morgan fingerprint density at radius 1 is 1.12 bits per heavy atom. The Morgan fingerprint density at radius 2 is 1.82 bits per heavy atom. The number of aromatic nitrogens is 1. The maximum atomic E-state index is 14.3.